The molecule has 0 unspecified atom stereocenters. The Kier molecular flexibility index (Phi) is 4.23. The Morgan fingerprint density at radius 1 is 1.00 bits per heavy atom. The number of nitrogens with zero attached hydrogens (tertiary/aromatic N) is 5. The number of hydrogen-bond acceptors (Lipinski definition) is 5. The van der Waals surface area contributed by atoms with Gasteiger partial charge < -0.3 is 10.0 Å². The topological polar surface area (TPSA) is 67.1 Å². The third-order valence-electron chi connectivity index (χ3n) is 4.34. The van der Waals surface area contributed by atoms with E-state index in [4.69, 9.17) is 0 Å². The second-order valence-electron chi connectivity index (χ2n) is 6.01. The average molecular weight is 345 g/mol. The molecule has 2 heterocycles. The first-order valence-electron chi connectivity index (χ1n) is 8.53. The molecule has 0 aliphatic rings. The molecule has 0 amide bonds. The van der Waals surface area contributed by atoms with Crippen LogP contribution in [0.2, 0.25) is 0 Å². The van der Waals surface area contributed by atoms with Crippen LogP contribution in [0.1, 0.15) is 12.5 Å². The van der Waals surface area contributed by atoms with Crippen LogP contribution < -0.4 is 4.90 Å². The van der Waals surface area contributed by atoms with E-state index in [0.29, 0.717) is 6.54 Å². The molecular formula is C20H19N5O. The highest BCUT2D eigenvalue weighted by Crippen LogP contribution is 2.26. The first-order chi connectivity index (χ1) is 12.8. The van der Waals surface area contributed by atoms with Gasteiger partial charge in [0.05, 0.1) is 17.3 Å². The van der Waals surface area contributed by atoms with Crippen molar-refractivity contribution in [1.82, 2.24) is 19.7 Å². The highest BCUT2D eigenvalue weighted by molar-refractivity contribution is 5.87. The van der Waals surface area contributed by atoms with Crippen molar-refractivity contribution in [3.05, 3.63) is 72.7 Å². The second-order valence-corrected chi connectivity index (χ2v) is 6.01. The van der Waals surface area contributed by atoms with E-state index in [1.165, 1.54) is 0 Å². The number of phenolic OH excluding ortho intramolecular Hbond substituents is 1. The zero-order chi connectivity index (χ0) is 17.9. The van der Waals surface area contributed by atoms with E-state index in [1.807, 2.05) is 53.3 Å². The van der Waals surface area contributed by atoms with Crippen LogP contribution in [0, 0.1) is 0 Å². The average Bonchev–Trinajstić information content (AvgIpc) is 3.12. The minimum atomic E-state index is 0.269. The van der Waals surface area contributed by atoms with E-state index in [2.05, 4.69) is 26.9 Å². The summed E-state index contributed by atoms with van der Waals surface area (Å²) in [4.78, 5) is 11.1. The fraction of sp³-hybridized carbons (Fsp3) is 0.150. The molecule has 0 saturated carbocycles. The van der Waals surface area contributed by atoms with Gasteiger partial charge in [-0.2, -0.15) is 5.10 Å². The summed E-state index contributed by atoms with van der Waals surface area (Å²) in [6, 6.07) is 17.2. The Balaban J connectivity index is 1.73. The lowest BCUT2D eigenvalue weighted by Gasteiger charge is -2.22. The summed E-state index contributed by atoms with van der Waals surface area (Å²) in [7, 11) is 0. The maximum atomic E-state index is 9.47. The van der Waals surface area contributed by atoms with Gasteiger partial charge in [0.15, 0.2) is 5.65 Å². The van der Waals surface area contributed by atoms with Crippen LogP contribution in [-0.4, -0.2) is 31.4 Å². The first kappa shape index (κ1) is 16.1. The van der Waals surface area contributed by atoms with Crippen LogP contribution >= 0.6 is 0 Å². The van der Waals surface area contributed by atoms with Gasteiger partial charge in [-0.05, 0) is 36.8 Å². The van der Waals surface area contributed by atoms with Gasteiger partial charge in [-0.15, -0.1) is 0 Å². The summed E-state index contributed by atoms with van der Waals surface area (Å²) in [5.41, 5.74) is 2.85. The maximum Gasteiger partial charge on any atom is 0.168 e. The molecule has 26 heavy (non-hydrogen) atoms. The highest BCUT2D eigenvalue weighted by Gasteiger charge is 2.15. The molecule has 0 bridgehead atoms. The lowest BCUT2D eigenvalue weighted by atomic mass is 10.2. The van der Waals surface area contributed by atoms with Crippen molar-refractivity contribution < 1.29 is 5.11 Å². The van der Waals surface area contributed by atoms with Gasteiger partial charge in [0.1, 0.15) is 17.9 Å². The van der Waals surface area contributed by atoms with E-state index in [9.17, 15) is 5.11 Å². The lowest BCUT2D eigenvalue weighted by molar-refractivity contribution is 0.475. The fourth-order valence-corrected chi connectivity index (χ4v) is 3.00. The molecule has 0 radical (unpaired) electrons. The molecule has 2 aromatic heterocycles. The summed E-state index contributed by atoms with van der Waals surface area (Å²) >= 11 is 0. The summed E-state index contributed by atoms with van der Waals surface area (Å²) in [6.45, 7) is 3.58. The molecule has 0 spiro atoms. The maximum absolute atomic E-state index is 9.47. The molecule has 0 aliphatic heterocycles. The van der Waals surface area contributed by atoms with Crippen LogP contribution in [0.5, 0.6) is 5.75 Å². The van der Waals surface area contributed by atoms with Crippen molar-refractivity contribution in [2.75, 3.05) is 11.4 Å². The molecule has 0 aliphatic carbocycles. The number of aromatic nitrogens is 4. The zero-order valence-electron chi connectivity index (χ0n) is 14.4. The number of benzene rings is 2. The molecule has 4 rings (SSSR count). The highest BCUT2D eigenvalue weighted by atomic mass is 16.3. The molecule has 4 aromatic rings. The predicted molar refractivity (Wildman–Crippen MR) is 101 cm³/mol. The summed E-state index contributed by atoms with van der Waals surface area (Å²) in [6.07, 6.45) is 3.40. The minimum Gasteiger partial charge on any atom is -0.508 e. The third kappa shape index (κ3) is 2.97. The van der Waals surface area contributed by atoms with Crippen molar-refractivity contribution in [3.8, 4) is 11.4 Å². The first-order valence-corrected chi connectivity index (χ1v) is 8.53. The Hall–Kier alpha value is -3.41. The lowest BCUT2D eigenvalue weighted by Crippen LogP contribution is -2.23. The number of phenols is 1. The van der Waals surface area contributed by atoms with Crippen LogP contribution in [0.25, 0.3) is 16.7 Å². The number of rotatable bonds is 5. The molecule has 0 atom stereocenters. The van der Waals surface area contributed by atoms with E-state index in [1.54, 1.807) is 18.5 Å². The molecule has 130 valence electrons. The largest absolute Gasteiger partial charge is 0.508 e. The van der Waals surface area contributed by atoms with Crippen LogP contribution in [0.15, 0.2) is 67.1 Å². The van der Waals surface area contributed by atoms with Crippen LogP contribution in [0.3, 0.4) is 0 Å². The van der Waals surface area contributed by atoms with E-state index >= 15 is 0 Å². The Labute approximate surface area is 151 Å². The van der Waals surface area contributed by atoms with Crippen molar-refractivity contribution in [2.24, 2.45) is 0 Å². The molecule has 6 heteroatoms. The van der Waals surface area contributed by atoms with Gasteiger partial charge in [-0.3, -0.25) is 0 Å². The van der Waals surface area contributed by atoms with Crippen molar-refractivity contribution in [3.63, 3.8) is 0 Å². The number of hydrogen-bond donors (Lipinski definition) is 1. The Morgan fingerprint density at radius 3 is 2.50 bits per heavy atom. The van der Waals surface area contributed by atoms with Gasteiger partial charge in [-0.25, -0.2) is 14.6 Å². The Morgan fingerprint density at radius 2 is 1.77 bits per heavy atom. The molecule has 0 saturated heterocycles. The smallest absolute Gasteiger partial charge is 0.168 e. The number of aromatic hydroxyl groups is 1. The quantitative estimate of drug-likeness (QED) is 0.599. The van der Waals surface area contributed by atoms with Gasteiger partial charge >= 0.3 is 0 Å². The SMILES string of the molecule is CCN(Cc1ccc(O)cc1)c1ncnc2c1cnn2-c1ccccc1. The molecule has 0 fully saturated rings. The summed E-state index contributed by atoms with van der Waals surface area (Å²) in [5.74, 6) is 1.12. The van der Waals surface area contributed by atoms with Crippen LogP contribution in [-0.2, 0) is 6.54 Å². The van der Waals surface area contributed by atoms with Crippen molar-refractivity contribution in [2.45, 2.75) is 13.5 Å². The van der Waals surface area contributed by atoms with Gasteiger partial charge in [0.25, 0.3) is 0 Å². The van der Waals surface area contributed by atoms with Gasteiger partial charge in [0, 0.05) is 13.1 Å². The summed E-state index contributed by atoms with van der Waals surface area (Å²) < 4.78 is 1.83. The van der Waals surface area contributed by atoms with E-state index in [-0.39, 0.29) is 5.75 Å². The van der Waals surface area contributed by atoms with Gasteiger partial charge in [0.2, 0.25) is 0 Å². The molecular weight excluding hydrogens is 326 g/mol. The van der Waals surface area contributed by atoms with Crippen molar-refractivity contribution in [1.29, 1.82) is 0 Å². The number of fused-ring (bicyclic) bond motifs is 1. The second kappa shape index (κ2) is 6.84. The standard InChI is InChI=1S/C20H19N5O/c1-2-24(13-15-8-10-17(26)11-9-15)19-18-12-23-25(20(18)22-14-21-19)16-6-4-3-5-7-16/h3-12,14,26H,2,13H2,1H3. The normalized spacial score (nSPS) is 11.0. The molecule has 6 nitrogen and oxygen atoms in total. The molecule has 2 aromatic carbocycles. The van der Waals surface area contributed by atoms with E-state index < -0.39 is 0 Å². The van der Waals surface area contributed by atoms with Crippen molar-refractivity contribution >= 4 is 16.9 Å². The van der Waals surface area contributed by atoms with Crippen LogP contribution in [0.4, 0.5) is 5.82 Å². The minimum absolute atomic E-state index is 0.269. The number of anilines is 1. The molecule has 1 N–H and O–H groups in total. The number of para-hydroxylation sites is 1. The Bertz CT molecular complexity index is 1010. The fourth-order valence-electron chi connectivity index (χ4n) is 3.00. The van der Waals surface area contributed by atoms with E-state index in [0.717, 1.165) is 34.6 Å². The monoisotopic (exact) mass is 345 g/mol. The third-order valence-corrected chi connectivity index (χ3v) is 4.34. The van der Waals surface area contributed by atoms with Gasteiger partial charge in [-0.1, -0.05) is 30.3 Å². The predicted octanol–water partition coefficient (Wildman–Crippen LogP) is 3.55. The summed E-state index contributed by atoms with van der Waals surface area (Å²) in [5, 5.41) is 14.9. The zero-order valence-corrected chi connectivity index (χ0v) is 14.4.